The molecule has 0 aliphatic rings. The van der Waals surface area contributed by atoms with Gasteiger partial charge < -0.3 is 15.4 Å². The standard InChI is InChI=1S/C17H29FN2O/c1-5-16(19)11-14-10-15(18)6-7-17(14)20(8-9-21-4)12-13(2)3/h6-7,10,13,16H,5,8-9,11-12,19H2,1-4H3. The maximum atomic E-state index is 13.6. The monoisotopic (exact) mass is 296 g/mol. The molecule has 0 heterocycles. The van der Waals surface area contributed by atoms with Crippen molar-refractivity contribution in [2.75, 3.05) is 31.7 Å². The minimum Gasteiger partial charge on any atom is -0.383 e. The van der Waals surface area contributed by atoms with Gasteiger partial charge in [0, 0.05) is 31.9 Å². The molecule has 0 aliphatic carbocycles. The number of halogens is 1. The van der Waals surface area contributed by atoms with Crippen LogP contribution in [0.2, 0.25) is 0 Å². The second-order valence-electron chi connectivity index (χ2n) is 5.98. The normalized spacial score (nSPS) is 12.7. The summed E-state index contributed by atoms with van der Waals surface area (Å²) in [5.41, 5.74) is 8.12. The van der Waals surface area contributed by atoms with Crippen molar-refractivity contribution in [1.29, 1.82) is 0 Å². The van der Waals surface area contributed by atoms with Crippen LogP contribution in [-0.4, -0.2) is 32.8 Å². The lowest BCUT2D eigenvalue weighted by atomic mass is 10.0. The lowest BCUT2D eigenvalue weighted by Gasteiger charge is -2.29. The highest BCUT2D eigenvalue weighted by Gasteiger charge is 2.15. The van der Waals surface area contributed by atoms with E-state index in [-0.39, 0.29) is 11.9 Å². The highest BCUT2D eigenvalue weighted by molar-refractivity contribution is 5.54. The van der Waals surface area contributed by atoms with Gasteiger partial charge in [0.2, 0.25) is 0 Å². The first-order valence-corrected chi connectivity index (χ1v) is 7.75. The molecule has 0 spiro atoms. The molecule has 21 heavy (non-hydrogen) atoms. The number of methoxy groups -OCH3 is 1. The van der Waals surface area contributed by atoms with E-state index in [1.165, 1.54) is 6.07 Å². The Hall–Kier alpha value is -1.13. The van der Waals surface area contributed by atoms with Gasteiger partial charge in [-0.3, -0.25) is 0 Å². The zero-order valence-electron chi connectivity index (χ0n) is 13.7. The summed E-state index contributed by atoms with van der Waals surface area (Å²) >= 11 is 0. The van der Waals surface area contributed by atoms with E-state index >= 15 is 0 Å². The molecule has 0 saturated carbocycles. The van der Waals surface area contributed by atoms with E-state index in [0.717, 1.165) is 30.8 Å². The predicted octanol–water partition coefficient (Wildman–Crippen LogP) is 3.21. The minimum absolute atomic E-state index is 0.0638. The summed E-state index contributed by atoms with van der Waals surface area (Å²) in [6, 6.07) is 5.07. The summed E-state index contributed by atoms with van der Waals surface area (Å²) < 4.78 is 18.8. The molecular formula is C17H29FN2O. The second kappa shape index (κ2) is 9.00. The van der Waals surface area contributed by atoms with Gasteiger partial charge in [-0.15, -0.1) is 0 Å². The van der Waals surface area contributed by atoms with Crippen LogP contribution >= 0.6 is 0 Å². The molecule has 1 unspecified atom stereocenters. The molecule has 0 radical (unpaired) electrons. The van der Waals surface area contributed by atoms with Crippen molar-refractivity contribution in [3.05, 3.63) is 29.6 Å². The van der Waals surface area contributed by atoms with Crippen molar-refractivity contribution >= 4 is 5.69 Å². The van der Waals surface area contributed by atoms with Gasteiger partial charge in [-0.1, -0.05) is 20.8 Å². The molecular weight excluding hydrogens is 267 g/mol. The van der Waals surface area contributed by atoms with E-state index in [4.69, 9.17) is 10.5 Å². The van der Waals surface area contributed by atoms with Gasteiger partial charge in [0.05, 0.1) is 6.61 Å². The molecule has 4 heteroatoms. The molecule has 1 aromatic rings. The van der Waals surface area contributed by atoms with E-state index in [9.17, 15) is 4.39 Å². The van der Waals surface area contributed by atoms with Crippen molar-refractivity contribution in [1.82, 2.24) is 0 Å². The molecule has 0 bridgehead atoms. The van der Waals surface area contributed by atoms with E-state index in [1.54, 1.807) is 13.2 Å². The van der Waals surface area contributed by atoms with Gasteiger partial charge in [0.25, 0.3) is 0 Å². The maximum absolute atomic E-state index is 13.6. The zero-order chi connectivity index (χ0) is 15.8. The van der Waals surface area contributed by atoms with Crippen molar-refractivity contribution in [3.63, 3.8) is 0 Å². The van der Waals surface area contributed by atoms with Gasteiger partial charge in [0.1, 0.15) is 5.82 Å². The summed E-state index contributed by atoms with van der Waals surface area (Å²) in [6.07, 6.45) is 1.59. The smallest absolute Gasteiger partial charge is 0.123 e. The Labute approximate surface area is 128 Å². The lowest BCUT2D eigenvalue weighted by molar-refractivity contribution is 0.204. The van der Waals surface area contributed by atoms with Crippen LogP contribution in [0.5, 0.6) is 0 Å². The number of nitrogens with zero attached hydrogens (tertiary/aromatic N) is 1. The quantitative estimate of drug-likeness (QED) is 0.760. The lowest BCUT2D eigenvalue weighted by Crippen LogP contribution is -2.32. The number of hydrogen-bond acceptors (Lipinski definition) is 3. The van der Waals surface area contributed by atoms with E-state index < -0.39 is 0 Å². The summed E-state index contributed by atoms with van der Waals surface area (Å²) in [6.45, 7) is 8.80. The molecule has 0 aliphatic heterocycles. The van der Waals surface area contributed by atoms with Crippen molar-refractivity contribution < 1.29 is 9.13 Å². The van der Waals surface area contributed by atoms with Gasteiger partial charge in [-0.05, 0) is 42.5 Å². The third kappa shape index (κ3) is 6.02. The predicted molar refractivity (Wildman–Crippen MR) is 87.3 cm³/mol. The fraction of sp³-hybridized carbons (Fsp3) is 0.647. The average Bonchev–Trinajstić information content (AvgIpc) is 2.43. The Balaban J connectivity index is 3.03. The molecule has 0 aromatic heterocycles. The van der Waals surface area contributed by atoms with Gasteiger partial charge in [-0.2, -0.15) is 0 Å². The van der Waals surface area contributed by atoms with E-state index in [2.05, 4.69) is 25.7 Å². The van der Waals surface area contributed by atoms with E-state index in [1.807, 2.05) is 6.07 Å². The maximum Gasteiger partial charge on any atom is 0.123 e. The van der Waals surface area contributed by atoms with Crippen LogP contribution in [0.1, 0.15) is 32.8 Å². The van der Waals surface area contributed by atoms with Crippen molar-refractivity contribution in [2.24, 2.45) is 11.7 Å². The molecule has 3 nitrogen and oxygen atoms in total. The summed E-state index contributed by atoms with van der Waals surface area (Å²) in [7, 11) is 1.70. The SMILES string of the molecule is CCC(N)Cc1cc(F)ccc1N(CCOC)CC(C)C. The Morgan fingerprint density at radius 1 is 1.33 bits per heavy atom. The second-order valence-corrected chi connectivity index (χ2v) is 5.98. The number of hydrogen-bond donors (Lipinski definition) is 1. The van der Waals surface area contributed by atoms with Gasteiger partial charge >= 0.3 is 0 Å². The molecule has 1 atom stereocenters. The van der Waals surface area contributed by atoms with E-state index in [0.29, 0.717) is 18.9 Å². The number of benzene rings is 1. The average molecular weight is 296 g/mol. The summed E-state index contributed by atoms with van der Waals surface area (Å²) in [5, 5.41) is 0. The van der Waals surface area contributed by atoms with Crippen LogP contribution in [0.25, 0.3) is 0 Å². The van der Waals surface area contributed by atoms with Crippen molar-refractivity contribution in [3.8, 4) is 0 Å². The van der Waals surface area contributed by atoms with Crippen LogP contribution in [0.3, 0.4) is 0 Å². The fourth-order valence-electron chi connectivity index (χ4n) is 2.41. The topological polar surface area (TPSA) is 38.5 Å². The number of anilines is 1. The number of nitrogens with two attached hydrogens (primary N) is 1. The highest BCUT2D eigenvalue weighted by Crippen LogP contribution is 2.24. The molecule has 120 valence electrons. The third-order valence-corrected chi connectivity index (χ3v) is 3.54. The first-order valence-electron chi connectivity index (χ1n) is 7.75. The molecule has 0 amide bonds. The number of rotatable bonds is 9. The minimum atomic E-state index is -0.201. The van der Waals surface area contributed by atoms with Crippen LogP contribution < -0.4 is 10.6 Å². The third-order valence-electron chi connectivity index (χ3n) is 3.54. The molecule has 2 N–H and O–H groups in total. The van der Waals surface area contributed by atoms with Gasteiger partial charge in [0.15, 0.2) is 0 Å². The molecule has 1 rings (SSSR count). The zero-order valence-corrected chi connectivity index (χ0v) is 13.7. The summed E-state index contributed by atoms with van der Waals surface area (Å²) in [5.74, 6) is 0.327. The molecule has 0 saturated heterocycles. The Kier molecular flexibility index (Phi) is 7.68. The largest absolute Gasteiger partial charge is 0.383 e. The van der Waals surface area contributed by atoms with Crippen LogP contribution in [0.15, 0.2) is 18.2 Å². The summed E-state index contributed by atoms with van der Waals surface area (Å²) in [4.78, 5) is 2.27. The van der Waals surface area contributed by atoms with Crippen LogP contribution in [-0.2, 0) is 11.2 Å². The van der Waals surface area contributed by atoms with Crippen LogP contribution in [0, 0.1) is 11.7 Å². The first kappa shape index (κ1) is 17.9. The Morgan fingerprint density at radius 3 is 2.62 bits per heavy atom. The first-order chi connectivity index (χ1) is 9.97. The van der Waals surface area contributed by atoms with Crippen molar-refractivity contribution in [2.45, 2.75) is 39.7 Å². The molecule has 1 aromatic carbocycles. The van der Waals surface area contributed by atoms with Crippen LogP contribution in [0.4, 0.5) is 10.1 Å². The fourth-order valence-corrected chi connectivity index (χ4v) is 2.41. The molecule has 0 fully saturated rings. The highest BCUT2D eigenvalue weighted by atomic mass is 19.1. The Bertz CT molecular complexity index is 423. The Morgan fingerprint density at radius 2 is 2.05 bits per heavy atom. The number of ether oxygens (including phenoxy) is 1. The van der Waals surface area contributed by atoms with Gasteiger partial charge in [-0.25, -0.2) is 4.39 Å².